The predicted molar refractivity (Wildman–Crippen MR) is 108 cm³/mol. The molecule has 1 fully saturated rings. The van der Waals surface area contributed by atoms with Crippen LogP contribution < -0.4 is 5.32 Å². The number of aromatic nitrogens is 2. The fourth-order valence-corrected chi connectivity index (χ4v) is 4.48. The van der Waals surface area contributed by atoms with Gasteiger partial charge in [-0.3, -0.25) is 0 Å². The van der Waals surface area contributed by atoms with E-state index in [-0.39, 0.29) is 5.75 Å². The first kappa shape index (κ1) is 17.2. The maximum absolute atomic E-state index is 10.7. The topological polar surface area (TPSA) is 61.3 Å². The maximum atomic E-state index is 10.7. The van der Waals surface area contributed by atoms with Crippen LogP contribution in [-0.4, -0.2) is 46.4 Å². The first-order valence-electron chi connectivity index (χ1n) is 9.03. The summed E-state index contributed by atoms with van der Waals surface area (Å²) in [6.07, 6.45) is 2.36. The number of phenolic OH excluding ortho intramolecular Hbond substituents is 1. The highest BCUT2D eigenvalue weighted by molar-refractivity contribution is 7.17. The quantitative estimate of drug-likeness (QED) is 0.726. The van der Waals surface area contributed by atoms with Crippen LogP contribution in [0.3, 0.4) is 0 Å². The van der Waals surface area contributed by atoms with Crippen LogP contribution in [0.1, 0.15) is 24.0 Å². The number of likely N-dealkylation sites (tertiary alicyclic amines) is 1. The number of rotatable bonds is 3. The Kier molecular flexibility index (Phi) is 4.54. The van der Waals surface area contributed by atoms with Crippen LogP contribution >= 0.6 is 11.3 Å². The Morgan fingerprint density at radius 2 is 2.04 bits per heavy atom. The van der Waals surface area contributed by atoms with Gasteiger partial charge in [0.05, 0.1) is 5.69 Å². The van der Waals surface area contributed by atoms with E-state index < -0.39 is 0 Å². The maximum Gasteiger partial charge on any atom is 0.152 e. The smallest absolute Gasteiger partial charge is 0.152 e. The molecule has 0 amide bonds. The summed E-state index contributed by atoms with van der Waals surface area (Å²) in [4.78, 5) is 2.35. The van der Waals surface area contributed by atoms with Gasteiger partial charge < -0.3 is 15.3 Å². The molecule has 2 N–H and O–H groups in total. The fourth-order valence-electron chi connectivity index (χ4n) is 3.70. The monoisotopic (exact) mass is 368 g/mol. The largest absolute Gasteiger partial charge is 0.507 e. The second kappa shape index (κ2) is 6.85. The minimum absolute atomic E-state index is 0.287. The van der Waals surface area contributed by atoms with E-state index in [0.717, 1.165) is 57.8 Å². The van der Waals surface area contributed by atoms with Crippen molar-refractivity contribution in [1.29, 1.82) is 0 Å². The molecule has 0 saturated carbocycles. The number of likely N-dealkylation sites (N-methyl/N-ethyl adjacent to an activating group) is 1. The van der Waals surface area contributed by atoms with Gasteiger partial charge in [-0.05, 0) is 75.0 Å². The molecule has 0 radical (unpaired) electrons. The van der Waals surface area contributed by atoms with E-state index in [1.165, 1.54) is 6.42 Å². The van der Waals surface area contributed by atoms with E-state index in [9.17, 15) is 5.11 Å². The molecule has 0 unspecified atom stereocenters. The molecule has 4 rings (SSSR count). The van der Waals surface area contributed by atoms with E-state index in [0.29, 0.717) is 6.04 Å². The lowest BCUT2D eigenvalue weighted by Crippen LogP contribution is -2.40. The molecule has 0 spiro atoms. The van der Waals surface area contributed by atoms with Crippen molar-refractivity contribution in [1.82, 2.24) is 15.1 Å². The highest BCUT2D eigenvalue weighted by Gasteiger charge is 2.20. The Hall–Kier alpha value is -2.18. The summed E-state index contributed by atoms with van der Waals surface area (Å²) in [5.41, 5.74) is 3.64. The summed E-state index contributed by atoms with van der Waals surface area (Å²) in [5, 5.41) is 26.0. The number of benzene rings is 1. The molecule has 2 aromatic heterocycles. The van der Waals surface area contributed by atoms with Gasteiger partial charge in [0.15, 0.2) is 5.82 Å². The van der Waals surface area contributed by atoms with Crippen LogP contribution in [0.15, 0.2) is 23.6 Å². The first-order valence-corrected chi connectivity index (χ1v) is 9.91. The predicted octanol–water partition coefficient (Wildman–Crippen LogP) is 4.19. The third kappa shape index (κ3) is 3.04. The van der Waals surface area contributed by atoms with Crippen LogP contribution in [0.25, 0.3) is 21.3 Å². The number of anilines is 1. The van der Waals surface area contributed by atoms with Crippen molar-refractivity contribution in [2.75, 3.05) is 25.5 Å². The summed E-state index contributed by atoms with van der Waals surface area (Å²) in [5.74, 6) is 1.14. The van der Waals surface area contributed by atoms with Crippen molar-refractivity contribution in [3.05, 3.63) is 34.7 Å². The molecular weight excluding hydrogens is 344 g/mol. The number of nitrogens with one attached hydrogen (secondary N) is 1. The SMILES string of the molecule is Cc1c(N[C@H]2CCCN(C)C2)nnc(-c2ccc3sccc3c2O)c1C. The molecule has 0 bridgehead atoms. The number of phenols is 1. The van der Waals surface area contributed by atoms with E-state index in [2.05, 4.69) is 41.3 Å². The normalized spacial score (nSPS) is 18.3. The van der Waals surface area contributed by atoms with E-state index in [1.54, 1.807) is 11.3 Å². The van der Waals surface area contributed by atoms with Crippen molar-refractivity contribution in [2.24, 2.45) is 0 Å². The van der Waals surface area contributed by atoms with E-state index >= 15 is 0 Å². The average molecular weight is 369 g/mol. The van der Waals surface area contributed by atoms with Gasteiger partial charge in [0, 0.05) is 28.2 Å². The lowest BCUT2D eigenvalue weighted by atomic mass is 10.0. The second-order valence-electron chi connectivity index (χ2n) is 7.19. The summed E-state index contributed by atoms with van der Waals surface area (Å²) < 4.78 is 1.08. The van der Waals surface area contributed by atoms with Crippen LogP contribution in [0.4, 0.5) is 5.82 Å². The molecule has 1 saturated heterocycles. The zero-order valence-corrected chi connectivity index (χ0v) is 16.2. The Labute approximate surface area is 157 Å². The molecule has 1 aromatic carbocycles. The molecule has 136 valence electrons. The molecule has 3 aromatic rings. The number of fused-ring (bicyclic) bond motifs is 1. The number of piperidine rings is 1. The molecule has 0 aliphatic carbocycles. The van der Waals surface area contributed by atoms with Crippen molar-refractivity contribution < 1.29 is 5.11 Å². The van der Waals surface area contributed by atoms with Crippen LogP contribution in [0.2, 0.25) is 0 Å². The molecule has 1 aliphatic heterocycles. The minimum Gasteiger partial charge on any atom is -0.507 e. The molecule has 6 heteroatoms. The van der Waals surface area contributed by atoms with E-state index in [4.69, 9.17) is 0 Å². The summed E-state index contributed by atoms with van der Waals surface area (Å²) in [7, 11) is 2.16. The highest BCUT2D eigenvalue weighted by Crippen LogP contribution is 2.39. The Bertz CT molecular complexity index is 952. The second-order valence-corrected chi connectivity index (χ2v) is 8.13. The molecular formula is C20H24N4OS. The van der Waals surface area contributed by atoms with Gasteiger partial charge >= 0.3 is 0 Å². The molecule has 1 atom stereocenters. The number of aromatic hydroxyl groups is 1. The van der Waals surface area contributed by atoms with Crippen molar-refractivity contribution in [3.8, 4) is 17.0 Å². The van der Waals surface area contributed by atoms with Gasteiger partial charge in [-0.2, -0.15) is 0 Å². The number of nitrogens with zero attached hydrogens (tertiary/aromatic N) is 3. The van der Waals surface area contributed by atoms with Crippen LogP contribution in [-0.2, 0) is 0 Å². The lowest BCUT2D eigenvalue weighted by Gasteiger charge is -2.31. The van der Waals surface area contributed by atoms with Gasteiger partial charge in [-0.1, -0.05) is 0 Å². The summed E-state index contributed by atoms with van der Waals surface area (Å²) >= 11 is 1.62. The highest BCUT2D eigenvalue weighted by atomic mass is 32.1. The van der Waals surface area contributed by atoms with Gasteiger partial charge in [0.2, 0.25) is 0 Å². The third-order valence-electron chi connectivity index (χ3n) is 5.35. The van der Waals surface area contributed by atoms with Gasteiger partial charge in [-0.15, -0.1) is 21.5 Å². The zero-order valence-electron chi connectivity index (χ0n) is 15.4. The Morgan fingerprint density at radius 1 is 1.19 bits per heavy atom. The molecule has 5 nitrogen and oxygen atoms in total. The minimum atomic E-state index is 0.287. The van der Waals surface area contributed by atoms with Crippen molar-refractivity contribution >= 4 is 27.2 Å². The van der Waals surface area contributed by atoms with Gasteiger partial charge in [-0.25, -0.2) is 0 Å². The summed E-state index contributed by atoms with van der Waals surface area (Å²) in [6, 6.07) is 6.33. The standard InChI is InChI=1S/C20H24N4OS/c1-12-13(2)20(21-14-5-4-9-24(3)11-14)23-22-18(12)16-6-7-17-15(19(16)25)8-10-26-17/h6-8,10,14,25H,4-5,9,11H2,1-3H3,(H,21,23)/t14-/m0/s1. The Balaban J connectivity index is 1.68. The van der Waals surface area contributed by atoms with Gasteiger partial charge in [0.1, 0.15) is 5.75 Å². The van der Waals surface area contributed by atoms with Crippen molar-refractivity contribution in [2.45, 2.75) is 32.7 Å². The van der Waals surface area contributed by atoms with Crippen LogP contribution in [0, 0.1) is 13.8 Å². The number of hydrogen-bond donors (Lipinski definition) is 2. The number of hydrogen-bond acceptors (Lipinski definition) is 6. The number of thiophene rings is 1. The van der Waals surface area contributed by atoms with Crippen LogP contribution in [0.5, 0.6) is 5.75 Å². The lowest BCUT2D eigenvalue weighted by molar-refractivity contribution is 0.260. The third-order valence-corrected chi connectivity index (χ3v) is 6.23. The molecule has 1 aliphatic rings. The Morgan fingerprint density at radius 3 is 2.85 bits per heavy atom. The van der Waals surface area contributed by atoms with Gasteiger partial charge in [0.25, 0.3) is 0 Å². The first-order chi connectivity index (χ1) is 12.5. The molecule has 26 heavy (non-hydrogen) atoms. The molecule has 3 heterocycles. The average Bonchev–Trinajstić information content (AvgIpc) is 3.10. The van der Waals surface area contributed by atoms with Crippen molar-refractivity contribution in [3.63, 3.8) is 0 Å². The fraction of sp³-hybridized carbons (Fsp3) is 0.400. The zero-order chi connectivity index (χ0) is 18.3. The summed E-state index contributed by atoms with van der Waals surface area (Å²) in [6.45, 7) is 6.31. The van der Waals surface area contributed by atoms with E-state index in [1.807, 2.05) is 23.6 Å².